The van der Waals surface area contributed by atoms with Gasteiger partial charge in [0.2, 0.25) is 5.91 Å². The standard InChI is InChI=1S/C12H21NO2/c1-3-4-5-12(14)13-8-6-11(7-9-13)10-15-2/h3,11H,1,4-10H2,2H3. The van der Waals surface area contributed by atoms with Crippen molar-refractivity contribution in [1.29, 1.82) is 0 Å². The van der Waals surface area contributed by atoms with Gasteiger partial charge in [-0.15, -0.1) is 6.58 Å². The minimum absolute atomic E-state index is 0.269. The number of methoxy groups -OCH3 is 1. The fraction of sp³-hybridized carbons (Fsp3) is 0.750. The summed E-state index contributed by atoms with van der Waals surface area (Å²) in [6.45, 7) is 6.24. The van der Waals surface area contributed by atoms with Crippen LogP contribution >= 0.6 is 0 Å². The van der Waals surface area contributed by atoms with Crippen molar-refractivity contribution in [2.75, 3.05) is 26.8 Å². The Morgan fingerprint density at radius 2 is 2.20 bits per heavy atom. The van der Waals surface area contributed by atoms with Crippen LogP contribution in [0.2, 0.25) is 0 Å². The van der Waals surface area contributed by atoms with Gasteiger partial charge in [0.05, 0.1) is 0 Å². The second-order valence-corrected chi connectivity index (χ2v) is 4.11. The lowest BCUT2D eigenvalue weighted by Crippen LogP contribution is -2.39. The highest BCUT2D eigenvalue weighted by atomic mass is 16.5. The van der Waals surface area contributed by atoms with Crippen LogP contribution in [0.25, 0.3) is 0 Å². The van der Waals surface area contributed by atoms with Crippen LogP contribution in [0.3, 0.4) is 0 Å². The molecule has 86 valence electrons. The van der Waals surface area contributed by atoms with Gasteiger partial charge in [0.1, 0.15) is 0 Å². The third-order valence-electron chi connectivity index (χ3n) is 2.93. The zero-order valence-electron chi connectivity index (χ0n) is 9.58. The first-order chi connectivity index (χ1) is 7.27. The number of hydrogen-bond donors (Lipinski definition) is 0. The molecule has 0 radical (unpaired) electrons. The first kappa shape index (κ1) is 12.2. The van der Waals surface area contributed by atoms with Gasteiger partial charge < -0.3 is 9.64 Å². The first-order valence-electron chi connectivity index (χ1n) is 5.65. The maximum absolute atomic E-state index is 11.7. The van der Waals surface area contributed by atoms with E-state index in [0.29, 0.717) is 12.3 Å². The number of likely N-dealkylation sites (tertiary alicyclic amines) is 1. The molecule has 1 rings (SSSR count). The quantitative estimate of drug-likeness (QED) is 0.649. The van der Waals surface area contributed by atoms with E-state index in [4.69, 9.17) is 4.74 Å². The van der Waals surface area contributed by atoms with Crippen molar-refractivity contribution < 1.29 is 9.53 Å². The Labute approximate surface area is 92.1 Å². The molecule has 3 heteroatoms. The molecule has 0 aliphatic carbocycles. The number of hydrogen-bond acceptors (Lipinski definition) is 2. The number of carbonyl (C=O) groups is 1. The molecule has 1 amide bonds. The van der Waals surface area contributed by atoms with Gasteiger partial charge >= 0.3 is 0 Å². The van der Waals surface area contributed by atoms with Crippen molar-refractivity contribution in [2.45, 2.75) is 25.7 Å². The predicted molar refractivity (Wildman–Crippen MR) is 60.6 cm³/mol. The van der Waals surface area contributed by atoms with Crippen molar-refractivity contribution >= 4 is 5.91 Å². The molecule has 0 aromatic rings. The average Bonchev–Trinajstić information content (AvgIpc) is 2.27. The molecular weight excluding hydrogens is 190 g/mol. The van der Waals surface area contributed by atoms with E-state index in [0.717, 1.165) is 39.0 Å². The van der Waals surface area contributed by atoms with Crippen LogP contribution in [0, 0.1) is 5.92 Å². The van der Waals surface area contributed by atoms with Gasteiger partial charge in [-0.05, 0) is 25.2 Å². The molecule has 1 aliphatic rings. The number of nitrogens with zero attached hydrogens (tertiary/aromatic N) is 1. The molecule has 0 saturated carbocycles. The monoisotopic (exact) mass is 211 g/mol. The fourth-order valence-corrected chi connectivity index (χ4v) is 1.97. The van der Waals surface area contributed by atoms with Gasteiger partial charge in [-0.2, -0.15) is 0 Å². The van der Waals surface area contributed by atoms with Gasteiger partial charge in [0.25, 0.3) is 0 Å². The number of allylic oxidation sites excluding steroid dienone is 1. The summed E-state index contributed by atoms with van der Waals surface area (Å²) in [4.78, 5) is 13.6. The van der Waals surface area contributed by atoms with Gasteiger partial charge in [0.15, 0.2) is 0 Å². The van der Waals surface area contributed by atoms with E-state index in [-0.39, 0.29) is 5.91 Å². The molecule has 1 heterocycles. The largest absolute Gasteiger partial charge is 0.384 e. The lowest BCUT2D eigenvalue weighted by molar-refractivity contribution is -0.132. The number of piperidine rings is 1. The van der Waals surface area contributed by atoms with Gasteiger partial charge in [-0.25, -0.2) is 0 Å². The Hall–Kier alpha value is -0.830. The molecule has 1 saturated heterocycles. The van der Waals surface area contributed by atoms with Crippen LogP contribution in [-0.4, -0.2) is 37.6 Å². The van der Waals surface area contributed by atoms with E-state index < -0.39 is 0 Å². The Balaban J connectivity index is 2.24. The van der Waals surface area contributed by atoms with E-state index in [1.54, 1.807) is 13.2 Å². The highest BCUT2D eigenvalue weighted by Crippen LogP contribution is 2.18. The second kappa shape index (κ2) is 6.62. The van der Waals surface area contributed by atoms with Crippen LogP contribution in [-0.2, 0) is 9.53 Å². The summed E-state index contributed by atoms with van der Waals surface area (Å²) in [5.74, 6) is 0.907. The maximum Gasteiger partial charge on any atom is 0.222 e. The van der Waals surface area contributed by atoms with E-state index in [9.17, 15) is 4.79 Å². The summed E-state index contributed by atoms with van der Waals surface area (Å²) in [5, 5.41) is 0. The van der Waals surface area contributed by atoms with Crippen molar-refractivity contribution in [3.8, 4) is 0 Å². The summed E-state index contributed by atoms with van der Waals surface area (Å²) in [6, 6.07) is 0. The number of ether oxygens (including phenoxy) is 1. The predicted octanol–water partition coefficient (Wildman–Crippen LogP) is 1.84. The van der Waals surface area contributed by atoms with Gasteiger partial charge in [-0.3, -0.25) is 4.79 Å². The van der Waals surface area contributed by atoms with Crippen LogP contribution in [0.5, 0.6) is 0 Å². The highest BCUT2D eigenvalue weighted by Gasteiger charge is 2.21. The molecule has 0 bridgehead atoms. The Morgan fingerprint density at radius 1 is 1.53 bits per heavy atom. The molecule has 3 nitrogen and oxygen atoms in total. The summed E-state index contributed by atoms with van der Waals surface area (Å²) in [5.41, 5.74) is 0. The second-order valence-electron chi connectivity index (χ2n) is 4.11. The molecule has 0 spiro atoms. The molecular formula is C12H21NO2. The zero-order valence-corrected chi connectivity index (χ0v) is 9.58. The van der Waals surface area contributed by atoms with Crippen molar-refractivity contribution in [1.82, 2.24) is 4.90 Å². The molecule has 15 heavy (non-hydrogen) atoms. The summed E-state index contributed by atoms with van der Waals surface area (Å²) in [7, 11) is 1.74. The SMILES string of the molecule is C=CCCC(=O)N1CCC(COC)CC1. The maximum atomic E-state index is 11.7. The normalized spacial score (nSPS) is 17.8. The topological polar surface area (TPSA) is 29.5 Å². The highest BCUT2D eigenvalue weighted by molar-refractivity contribution is 5.76. The first-order valence-corrected chi connectivity index (χ1v) is 5.65. The minimum Gasteiger partial charge on any atom is -0.384 e. The van der Waals surface area contributed by atoms with E-state index in [1.165, 1.54) is 0 Å². The zero-order chi connectivity index (χ0) is 11.1. The molecule has 0 unspecified atom stereocenters. The third kappa shape index (κ3) is 4.04. The van der Waals surface area contributed by atoms with Crippen LogP contribution < -0.4 is 0 Å². The molecule has 0 N–H and O–H groups in total. The molecule has 0 aromatic heterocycles. The van der Waals surface area contributed by atoms with Crippen LogP contribution in [0.15, 0.2) is 12.7 Å². The summed E-state index contributed by atoms with van der Waals surface area (Å²) < 4.78 is 5.13. The number of rotatable bonds is 5. The molecule has 0 aromatic carbocycles. The van der Waals surface area contributed by atoms with Crippen molar-refractivity contribution in [3.05, 3.63) is 12.7 Å². The third-order valence-corrected chi connectivity index (χ3v) is 2.93. The van der Waals surface area contributed by atoms with Crippen LogP contribution in [0.1, 0.15) is 25.7 Å². The smallest absolute Gasteiger partial charge is 0.222 e. The molecule has 0 atom stereocenters. The minimum atomic E-state index is 0.269. The van der Waals surface area contributed by atoms with E-state index in [1.807, 2.05) is 4.90 Å². The van der Waals surface area contributed by atoms with Gasteiger partial charge in [-0.1, -0.05) is 6.08 Å². The fourth-order valence-electron chi connectivity index (χ4n) is 1.97. The lowest BCUT2D eigenvalue weighted by atomic mass is 9.97. The number of carbonyl (C=O) groups excluding carboxylic acids is 1. The van der Waals surface area contributed by atoms with E-state index in [2.05, 4.69) is 6.58 Å². The molecule has 1 aliphatic heterocycles. The average molecular weight is 211 g/mol. The summed E-state index contributed by atoms with van der Waals surface area (Å²) >= 11 is 0. The molecule has 1 fully saturated rings. The Morgan fingerprint density at radius 3 is 2.73 bits per heavy atom. The van der Waals surface area contributed by atoms with E-state index >= 15 is 0 Å². The van der Waals surface area contributed by atoms with Gasteiger partial charge in [0, 0.05) is 33.2 Å². The van der Waals surface area contributed by atoms with Crippen molar-refractivity contribution in [2.24, 2.45) is 5.92 Å². The lowest BCUT2D eigenvalue weighted by Gasteiger charge is -2.31. The van der Waals surface area contributed by atoms with Crippen molar-refractivity contribution in [3.63, 3.8) is 0 Å². The van der Waals surface area contributed by atoms with Crippen LogP contribution in [0.4, 0.5) is 0 Å². The Bertz CT molecular complexity index is 208. The number of amides is 1. The summed E-state index contributed by atoms with van der Waals surface area (Å²) in [6.07, 6.45) is 5.35. The Kier molecular flexibility index (Phi) is 5.40.